The van der Waals surface area contributed by atoms with E-state index in [1.54, 1.807) is 42.5 Å². The molecule has 0 unspecified atom stereocenters. The van der Waals surface area contributed by atoms with Crippen LogP contribution in [0, 0.1) is 0 Å². The van der Waals surface area contributed by atoms with Gasteiger partial charge in [0.25, 0.3) is 0 Å². The van der Waals surface area contributed by atoms with Crippen molar-refractivity contribution in [2.24, 2.45) is 0 Å². The second kappa shape index (κ2) is 5.10. The van der Waals surface area contributed by atoms with Gasteiger partial charge >= 0.3 is 0 Å². The van der Waals surface area contributed by atoms with E-state index in [0.29, 0.717) is 22.0 Å². The minimum absolute atomic E-state index is 0.0642. The van der Waals surface area contributed by atoms with Crippen molar-refractivity contribution in [1.82, 2.24) is 0 Å². The highest BCUT2D eigenvalue weighted by atomic mass is 79.9. The molecule has 0 saturated carbocycles. The molecule has 4 nitrogen and oxygen atoms in total. The highest BCUT2D eigenvalue weighted by Crippen LogP contribution is 2.33. The summed E-state index contributed by atoms with van der Waals surface area (Å²) >= 11 is 3.29. The Hall–Kier alpha value is -1.53. The van der Waals surface area contributed by atoms with Crippen molar-refractivity contribution in [2.45, 2.75) is 10.6 Å². The molecule has 2 aromatic rings. The summed E-state index contributed by atoms with van der Waals surface area (Å²) in [6.07, 6.45) is 0. The molecule has 0 atom stereocenters. The second-order valence-corrected chi connectivity index (χ2v) is 7.31. The van der Waals surface area contributed by atoms with Crippen LogP contribution < -0.4 is 9.47 Å². The Bertz CT molecular complexity index is 738. The van der Waals surface area contributed by atoms with Crippen LogP contribution in [0.1, 0.15) is 5.56 Å². The van der Waals surface area contributed by atoms with E-state index in [9.17, 15) is 8.42 Å². The van der Waals surface area contributed by atoms with Gasteiger partial charge in [-0.3, -0.25) is 0 Å². The van der Waals surface area contributed by atoms with E-state index in [4.69, 9.17) is 9.47 Å². The summed E-state index contributed by atoms with van der Waals surface area (Å²) in [6.45, 7) is 0.179. The standard InChI is InChI=1S/C14H11BrO4S/c15-11-2-4-12(5-3-11)20(16,17)8-10-1-6-13-14(7-10)19-9-18-13/h1-7H,8-9H2. The van der Waals surface area contributed by atoms with E-state index < -0.39 is 9.84 Å². The molecular weight excluding hydrogens is 344 g/mol. The maximum absolute atomic E-state index is 12.3. The van der Waals surface area contributed by atoms with Crippen molar-refractivity contribution in [2.75, 3.05) is 6.79 Å². The van der Waals surface area contributed by atoms with Crippen LogP contribution in [-0.2, 0) is 15.6 Å². The van der Waals surface area contributed by atoms with Crippen LogP contribution in [0.3, 0.4) is 0 Å². The normalized spacial score (nSPS) is 13.4. The highest BCUT2D eigenvalue weighted by Gasteiger charge is 2.18. The first kappa shape index (κ1) is 13.5. The minimum Gasteiger partial charge on any atom is -0.454 e. The fourth-order valence-corrected chi connectivity index (χ4v) is 3.58. The maximum atomic E-state index is 12.3. The lowest BCUT2D eigenvalue weighted by Crippen LogP contribution is -2.04. The zero-order valence-corrected chi connectivity index (χ0v) is 12.8. The third kappa shape index (κ3) is 2.66. The average Bonchev–Trinajstić information content (AvgIpc) is 2.86. The monoisotopic (exact) mass is 354 g/mol. The number of fused-ring (bicyclic) bond motifs is 1. The number of hydrogen-bond acceptors (Lipinski definition) is 4. The van der Waals surface area contributed by atoms with Crippen LogP contribution >= 0.6 is 15.9 Å². The molecule has 0 radical (unpaired) electrons. The number of hydrogen-bond donors (Lipinski definition) is 0. The fraction of sp³-hybridized carbons (Fsp3) is 0.143. The van der Waals surface area contributed by atoms with Crippen LogP contribution in [0.2, 0.25) is 0 Å². The lowest BCUT2D eigenvalue weighted by Gasteiger charge is -2.06. The predicted octanol–water partition coefficient (Wildman–Crippen LogP) is 3.15. The van der Waals surface area contributed by atoms with Crippen LogP contribution in [0.5, 0.6) is 11.5 Å². The predicted molar refractivity (Wildman–Crippen MR) is 77.6 cm³/mol. The van der Waals surface area contributed by atoms with Crippen LogP contribution in [-0.4, -0.2) is 15.2 Å². The first-order valence-electron chi connectivity index (χ1n) is 5.91. The third-order valence-electron chi connectivity index (χ3n) is 2.97. The largest absolute Gasteiger partial charge is 0.454 e. The molecule has 0 saturated heterocycles. The third-order valence-corrected chi connectivity index (χ3v) is 5.20. The lowest BCUT2D eigenvalue weighted by molar-refractivity contribution is 0.174. The van der Waals surface area contributed by atoms with Crippen LogP contribution in [0.15, 0.2) is 51.8 Å². The van der Waals surface area contributed by atoms with E-state index in [0.717, 1.165) is 4.47 Å². The number of ether oxygens (including phenoxy) is 2. The molecule has 0 aliphatic carbocycles. The van der Waals surface area contributed by atoms with Crippen molar-refractivity contribution in [3.05, 3.63) is 52.5 Å². The average molecular weight is 355 g/mol. The Morgan fingerprint density at radius 1 is 1.00 bits per heavy atom. The molecule has 0 N–H and O–H groups in total. The Balaban J connectivity index is 1.88. The van der Waals surface area contributed by atoms with Crippen molar-refractivity contribution in [3.63, 3.8) is 0 Å². The highest BCUT2D eigenvalue weighted by molar-refractivity contribution is 9.10. The summed E-state index contributed by atoms with van der Waals surface area (Å²) in [5.41, 5.74) is 0.678. The van der Waals surface area contributed by atoms with Crippen LogP contribution in [0.4, 0.5) is 0 Å². The summed E-state index contributed by atoms with van der Waals surface area (Å²) in [5, 5.41) is 0. The first-order valence-corrected chi connectivity index (χ1v) is 8.36. The molecule has 104 valence electrons. The van der Waals surface area contributed by atoms with E-state index in [1.165, 1.54) is 0 Å². The zero-order valence-electron chi connectivity index (χ0n) is 10.4. The minimum atomic E-state index is -3.36. The molecule has 2 aromatic carbocycles. The molecule has 0 bridgehead atoms. The molecular formula is C14H11BrO4S. The molecule has 1 aliphatic heterocycles. The summed E-state index contributed by atoms with van der Waals surface area (Å²) in [7, 11) is -3.36. The molecule has 0 spiro atoms. The molecule has 6 heteroatoms. The van der Waals surface area contributed by atoms with Gasteiger partial charge in [-0.25, -0.2) is 8.42 Å². The molecule has 0 amide bonds. The lowest BCUT2D eigenvalue weighted by atomic mass is 10.2. The Kier molecular flexibility index (Phi) is 3.43. The van der Waals surface area contributed by atoms with E-state index >= 15 is 0 Å². The summed E-state index contributed by atoms with van der Waals surface area (Å²) in [4.78, 5) is 0.304. The molecule has 0 fully saturated rings. The number of halogens is 1. The molecule has 3 rings (SSSR count). The van der Waals surface area contributed by atoms with Gasteiger partial charge < -0.3 is 9.47 Å². The molecule has 0 aromatic heterocycles. The SMILES string of the molecule is O=S(=O)(Cc1ccc2c(c1)OCO2)c1ccc(Br)cc1. The van der Waals surface area contributed by atoms with E-state index in [1.807, 2.05) is 0 Å². The zero-order chi connectivity index (χ0) is 14.2. The van der Waals surface area contributed by atoms with Crippen LogP contribution in [0.25, 0.3) is 0 Å². The van der Waals surface area contributed by atoms with Gasteiger partial charge in [0.1, 0.15) is 0 Å². The van der Waals surface area contributed by atoms with Gasteiger partial charge in [-0.15, -0.1) is 0 Å². The maximum Gasteiger partial charge on any atom is 0.231 e. The number of sulfone groups is 1. The van der Waals surface area contributed by atoms with Gasteiger partial charge in [0.15, 0.2) is 21.3 Å². The van der Waals surface area contributed by atoms with Gasteiger partial charge in [0.2, 0.25) is 6.79 Å². The van der Waals surface area contributed by atoms with Gasteiger partial charge in [-0.1, -0.05) is 22.0 Å². The summed E-state index contributed by atoms with van der Waals surface area (Å²) < 4.78 is 36.0. The van der Waals surface area contributed by atoms with Gasteiger partial charge in [0.05, 0.1) is 10.6 Å². The van der Waals surface area contributed by atoms with Gasteiger partial charge in [0, 0.05) is 4.47 Å². The quantitative estimate of drug-likeness (QED) is 0.849. The smallest absolute Gasteiger partial charge is 0.231 e. The van der Waals surface area contributed by atoms with Gasteiger partial charge in [-0.2, -0.15) is 0 Å². The van der Waals surface area contributed by atoms with E-state index in [2.05, 4.69) is 15.9 Å². The van der Waals surface area contributed by atoms with E-state index in [-0.39, 0.29) is 12.5 Å². The molecule has 1 heterocycles. The second-order valence-electron chi connectivity index (χ2n) is 4.40. The topological polar surface area (TPSA) is 52.6 Å². The molecule has 1 aliphatic rings. The first-order chi connectivity index (χ1) is 9.54. The number of benzene rings is 2. The summed E-state index contributed by atoms with van der Waals surface area (Å²) in [6, 6.07) is 11.8. The number of rotatable bonds is 3. The Morgan fingerprint density at radius 3 is 2.45 bits per heavy atom. The summed E-state index contributed by atoms with van der Waals surface area (Å²) in [5.74, 6) is 1.17. The Morgan fingerprint density at radius 2 is 1.70 bits per heavy atom. The Labute approximate surface area is 125 Å². The van der Waals surface area contributed by atoms with Gasteiger partial charge in [-0.05, 0) is 42.0 Å². The molecule has 20 heavy (non-hydrogen) atoms. The van der Waals surface area contributed by atoms with Crippen molar-refractivity contribution in [3.8, 4) is 11.5 Å². The fourth-order valence-electron chi connectivity index (χ4n) is 1.98. The van der Waals surface area contributed by atoms with Crippen molar-refractivity contribution in [1.29, 1.82) is 0 Å². The van der Waals surface area contributed by atoms with Crippen molar-refractivity contribution < 1.29 is 17.9 Å². The van der Waals surface area contributed by atoms with Crippen molar-refractivity contribution >= 4 is 25.8 Å².